The third-order valence-corrected chi connectivity index (χ3v) is 2.97. The van der Waals surface area contributed by atoms with Gasteiger partial charge in [-0.2, -0.15) is 13.2 Å². The largest absolute Gasteiger partial charge is 0.465 e. The summed E-state index contributed by atoms with van der Waals surface area (Å²) in [6.45, 7) is 0.441. The fourth-order valence-corrected chi connectivity index (χ4v) is 1.90. The molecule has 7 nitrogen and oxygen atoms in total. The molecule has 1 rings (SSSR count). The summed E-state index contributed by atoms with van der Waals surface area (Å²) >= 11 is 0. The molecule has 1 amide bonds. The van der Waals surface area contributed by atoms with E-state index in [4.69, 9.17) is 0 Å². The van der Waals surface area contributed by atoms with Gasteiger partial charge in [0.1, 0.15) is 0 Å². The van der Waals surface area contributed by atoms with Gasteiger partial charge in [0.15, 0.2) is 0 Å². The van der Waals surface area contributed by atoms with Gasteiger partial charge in [-0.15, -0.1) is 0 Å². The lowest BCUT2D eigenvalue weighted by Crippen LogP contribution is -2.32. The molecule has 10 heteroatoms. The molecule has 0 aliphatic carbocycles. The van der Waals surface area contributed by atoms with Gasteiger partial charge in [0, 0.05) is 18.7 Å². The Labute approximate surface area is 130 Å². The zero-order valence-corrected chi connectivity index (χ0v) is 12.5. The van der Waals surface area contributed by atoms with Crippen molar-refractivity contribution in [3.05, 3.63) is 33.9 Å². The molecule has 128 valence electrons. The highest BCUT2D eigenvalue weighted by atomic mass is 19.4. The first-order chi connectivity index (χ1) is 10.5. The second-order valence-corrected chi connectivity index (χ2v) is 5.08. The van der Waals surface area contributed by atoms with E-state index in [1.54, 1.807) is 19.0 Å². The van der Waals surface area contributed by atoms with Gasteiger partial charge in [0.2, 0.25) is 0 Å². The zero-order chi connectivity index (χ0) is 17.8. The normalized spacial score (nSPS) is 11.6. The van der Waals surface area contributed by atoms with Crippen LogP contribution >= 0.6 is 0 Å². The Kier molecular flexibility index (Phi) is 5.91. The lowest BCUT2D eigenvalue weighted by Gasteiger charge is -2.21. The molecule has 0 aliphatic heterocycles. The SMILES string of the molecule is CN(C)CCCN(C(=O)O)c1cc([N+](=O)[O-])cc(C(F)(F)F)c1. The summed E-state index contributed by atoms with van der Waals surface area (Å²) in [5, 5.41) is 20.0. The molecular formula is C13H16F3N3O4. The number of nitro groups is 1. The summed E-state index contributed by atoms with van der Waals surface area (Å²) in [6, 6.07) is 1.79. The summed E-state index contributed by atoms with van der Waals surface area (Å²) in [5.74, 6) is 0. The Balaban J connectivity index is 3.22. The van der Waals surface area contributed by atoms with E-state index in [-0.39, 0.29) is 12.2 Å². The van der Waals surface area contributed by atoms with Crippen molar-refractivity contribution in [2.45, 2.75) is 12.6 Å². The number of nitro benzene ring substituents is 1. The van der Waals surface area contributed by atoms with Gasteiger partial charge in [0.05, 0.1) is 16.2 Å². The number of hydrogen-bond donors (Lipinski definition) is 1. The lowest BCUT2D eigenvalue weighted by atomic mass is 10.1. The van der Waals surface area contributed by atoms with Gasteiger partial charge in [-0.1, -0.05) is 0 Å². The van der Waals surface area contributed by atoms with E-state index >= 15 is 0 Å². The van der Waals surface area contributed by atoms with Crippen LogP contribution < -0.4 is 4.90 Å². The Morgan fingerprint density at radius 1 is 1.26 bits per heavy atom. The Hall–Kier alpha value is -2.36. The smallest absolute Gasteiger partial charge is 0.416 e. The van der Waals surface area contributed by atoms with Crippen LogP contribution in [0.1, 0.15) is 12.0 Å². The number of alkyl halides is 3. The Morgan fingerprint density at radius 2 is 1.87 bits per heavy atom. The highest BCUT2D eigenvalue weighted by Crippen LogP contribution is 2.35. The number of benzene rings is 1. The predicted molar refractivity (Wildman–Crippen MR) is 76.6 cm³/mol. The number of carboxylic acid groups (broad SMARTS) is 1. The molecule has 1 aromatic carbocycles. The fourth-order valence-electron chi connectivity index (χ4n) is 1.90. The van der Waals surface area contributed by atoms with Gasteiger partial charge in [-0.3, -0.25) is 15.0 Å². The van der Waals surface area contributed by atoms with Crippen molar-refractivity contribution >= 4 is 17.5 Å². The monoisotopic (exact) mass is 335 g/mol. The molecule has 0 saturated carbocycles. The maximum atomic E-state index is 12.8. The molecule has 0 heterocycles. The van der Waals surface area contributed by atoms with Gasteiger partial charge in [0.25, 0.3) is 5.69 Å². The molecule has 0 atom stereocenters. The van der Waals surface area contributed by atoms with E-state index in [1.165, 1.54) is 0 Å². The number of hydrogen-bond acceptors (Lipinski definition) is 4. The molecule has 23 heavy (non-hydrogen) atoms. The van der Waals surface area contributed by atoms with Crippen molar-refractivity contribution in [1.82, 2.24) is 4.90 Å². The van der Waals surface area contributed by atoms with E-state index in [1.807, 2.05) is 0 Å². The number of rotatable bonds is 6. The van der Waals surface area contributed by atoms with E-state index in [2.05, 4.69) is 0 Å². The Morgan fingerprint density at radius 3 is 2.30 bits per heavy atom. The first-order valence-electron chi connectivity index (χ1n) is 6.54. The van der Waals surface area contributed by atoms with E-state index in [0.717, 1.165) is 6.07 Å². The topological polar surface area (TPSA) is 86.9 Å². The summed E-state index contributed by atoms with van der Waals surface area (Å²) in [4.78, 5) is 23.5. The van der Waals surface area contributed by atoms with E-state index in [0.29, 0.717) is 30.0 Å². The van der Waals surface area contributed by atoms with Crippen molar-refractivity contribution in [1.29, 1.82) is 0 Å². The number of carbonyl (C=O) groups is 1. The van der Waals surface area contributed by atoms with Crippen LogP contribution in [0.2, 0.25) is 0 Å². The molecule has 0 aliphatic rings. The maximum absolute atomic E-state index is 12.8. The van der Waals surface area contributed by atoms with Crippen LogP contribution in [0.5, 0.6) is 0 Å². The van der Waals surface area contributed by atoms with Crippen LogP contribution in [-0.4, -0.2) is 48.2 Å². The highest BCUT2D eigenvalue weighted by molar-refractivity contribution is 5.86. The van der Waals surface area contributed by atoms with Crippen molar-refractivity contribution in [2.24, 2.45) is 0 Å². The number of nitrogens with zero attached hydrogens (tertiary/aromatic N) is 3. The molecule has 0 unspecified atom stereocenters. The van der Waals surface area contributed by atoms with Crippen molar-refractivity contribution < 1.29 is 28.0 Å². The quantitative estimate of drug-likeness (QED) is 0.638. The molecule has 0 radical (unpaired) electrons. The molecule has 0 aromatic heterocycles. The number of amides is 1. The summed E-state index contributed by atoms with van der Waals surface area (Å²) in [7, 11) is 3.53. The minimum absolute atomic E-state index is 0.0774. The predicted octanol–water partition coefficient (Wildman–Crippen LogP) is 3.05. The molecule has 0 fully saturated rings. The molecule has 1 N–H and O–H groups in total. The average Bonchev–Trinajstić information content (AvgIpc) is 2.41. The van der Waals surface area contributed by atoms with Crippen molar-refractivity contribution in [3.63, 3.8) is 0 Å². The van der Waals surface area contributed by atoms with Gasteiger partial charge >= 0.3 is 12.3 Å². The minimum Gasteiger partial charge on any atom is -0.465 e. The Bertz CT molecular complexity index is 590. The fraction of sp³-hybridized carbons (Fsp3) is 0.462. The highest BCUT2D eigenvalue weighted by Gasteiger charge is 2.34. The first kappa shape index (κ1) is 18.7. The molecule has 0 spiro atoms. The minimum atomic E-state index is -4.81. The first-order valence-corrected chi connectivity index (χ1v) is 6.54. The van der Waals surface area contributed by atoms with Gasteiger partial charge in [-0.05, 0) is 33.1 Å². The van der Waals surface area contributed by atoms with Gasteiger partial charge in [-0.25, -0.2) is 4.79 Å². The van der Waals surface area contributed by atoms with E-state index < -0.39 is 28.4 Å². The maximum Gasteiger partial charge on any atom is 0.416 e. The summed E-state index contributed by atoms with van der Waals surface area (Å²) in [6.07, 6.45) is -5.92. The molecular weight excluding hydrogens is 319 g/mol. The molecule has 0 bridgehead atoms. The second-order valence-electron chi connectivity index (χ2n) is 5.08. The third-order valence-electron chi connectivity index (χ3n) is 2.97. The van der Waals surface area contributed by atoms with Crippen molar-refractivity contribution in [2.75, 3.05) is 32.1 Å². The van der Waals surface area contributed by atoms with Crippen LogP contribution in [0, 0.1) is 10.1 Å². The number of non-ortho nitro benzene ring substituents is 1. The summed E-state index contributed by atoms with van der Waals surface area (Å²) in [5.41, 5.74) is -2.45. The van der Waals surface area contributed by atoms with Crippen LogP contribution in [-0.2, 0) is 6.18 Å². The van der Waals surface area contributed by atoms with Crippen LogP contribution in [0.4, 0.5) is 29.3 Å². The molecule has 0 saturated heterocycles. The van der Waals surface area contributed by atoms with E-state index in [9.17, 15) is 33.2 Å². The van der Waals surface area contributed by atoms with Crippen molar-refractivity contribution in [3.8, 4) is 0 Å². The lowest BCUT2D eigenvalue weighted by molar-refractivity contribution is -0.385. The average molecular weight is 335 g/mol. The van der Waals surface area contributed by atoms with Crippen LogP contribution in [0.15, 0.2) is 18.2 Å². The zero-order valence-electron chi connectivity index (χ0n) is 12.5. The number of anilines is 1. The number of halogens is 3. The van der Waals surface area contributed by atoms with Crippen LogP contribution in [0.3, 0.4) is 0 Å². The molecule has 1 aromatic rings. The standard InChI is InChI=1S/C13H16F3N3O4/c1-17(2)4-3-5-18(12(20)21)10-6-9(13(14,15)16)7-11(8-10)19(22)23/h6-8H,3-5H2,1-2H3,(H,20,21). The second kappa shape index (κ2) is 7.27. The summed E-state index contributed by atoms with van der Waals surface area (Å²) < 4.78 is 38.5. The van der Waals surface area contributed by atoms with Gasteiger partial charge < -0.3 is 10.0 Å². The van der Waals surface area contributed by atoms with Crippen LogP contribution in [0.25, 0.3) is 0 Å². The third kappa shape index (κ3) is 5.40.